The van der Waals surface area contributed by atoms with Crippen molar-refractivity contribution < 1.29 is 13.9 Å². The average molecular weight is 374 g/mol. The maximum atomic E-state index is 12.3. The van der Waals surface area contributed by atoms with Crippen molar-refractivity contribution in [1.82, 2.24) is 4.31 Å². The van der Waals surface area contributed by atoms with Crippen LogP contribution in [0.3, 0.4) is 0 Å². The fourth-order valence-corrected chi connectivity index (χ4v) is 3.98. The van der Waals surface area contributed by atoms with Crippen molar-refractivity contribution in [2.45, 2.75) is 38.0 Å². The quantitative estimate of drug-likeness (QED) is 0.734. The van der Waals surface area contributed by atoms with Gasteiger partial charge in [0.25, 0.3) is 0 Å². The molecule has 4 nitrogen and oxygen atoms in total. The highest BCUT2D eigenvalue weighted by Crippen LogP contribution is 2.50. The Hall–Kier alpha value is -1.66. The van der Waals surface area contributed by atoms with Crippen LogP contribution in [0.25, 0.3) is 11.1 Å². The minimum absolute atomic E-state index is 0.0851. The summed E-state index contributed by atoms with van der Waals surface area (Å²) >= 11 is 0. The van der Waals surface area contributed by atoms with Crippen LogP contribution in [0.2, 0.25) is 0 Å². The van der Waals surface area contributed by atoms with Gasteiger partial charge in [0.15, 0.2) is 0 Å². The van der Waals surface area contributed by atoms with Crippen LogP contribution in [0.5, 0.6) is 0 Å². The lowest BCUT2D eigenvalue weighted by Gasteiger charge is -2.38. The summed E-state index contributed by atoms with van der Waals surface area (Å²) in [7, 11) is 0.378. The number of ketones is 1. The van der Waals surface area contributed by atoms with E-state index in [0.717, 1.165) is 35.1 Å². The number of aryl methyl sites for hydroxylation is 1. The molecule has 0 aromatic heterocycles. The van der Waals surface area contributed by atoms with Gasteiger partial charge in [-0.15, -0.1) is 10.8 Å². The molecule has 1 saturated carbocycles. The molecule has 1 aliphatic rings. The van der Waals surface area contributed by atoms with Crippen LogP contribution in [0, 0.1) is 12.3 Å². The van der Waals surface area contributed by atoms with Gasteiger partial charge in [0.2, 0.25) is 0 Å². The van der Waals surface area contributed by atoms with Crippen molar-refractivity contribution in [3.63, 3.8) is 0 Å². The maximum Gasteiger partial charge on any atom is 0.143 e. The second kappa shape index (κ2) is 6.82. The largest absolute Gasteiger partial charge is 0.299 e. The number of nitrogens with zero attached hydrogens (tertiary/aromatic N) is 1. The van der Waals surface area contributed by atoms with E-state index in [1.54, 1.807) is 26.2 Å². The highest BCUT2D eigenvalue weighted by atomic mass is 32.3. The highest BCUT2D eigenvalue weighted by molar-refractivity contribution is 8.22. The first-order valence-electron chi connectivity index (χ1n) is 8.82. The van der Waals surface area contributed by atoms with Crippen LogP contribution < -0.4 is 0 Å². The Morgan fingerprint density at radius 3 is 2.23 bits per heavy atom. The second-order valence-corrected chi connectivity index (χ2v) is 9.90. The van der Waals surface area contributed by atoms with Gasteiger partial charge in [-0.25, -0.2) is 4.31 Å². The molecule has 1 aliphatic carbocycles. The molecule has 26 heavy (non-hydrogen) atoms. The number of rotatable bonds is 6. The first-order chi connectivity index (χ1) is 12.1. The third-order valence-electron chi connectivity index (χ3n) is 5.32. The van der Waals surface area contributed by atoms with Crippen LogP contribution in [0.4, 0.5) is 0 Å². The first-order valence-corrected chi connectivity index (χ1v) is 10.3. The Bertz CT molecular complexity index is 824. The van der Waals surface area contributed by atoms with E-state index in [0.29, 0.717) is 17.1 Å². The van der Waals surface area contributed by atoms with Gasteiger partial charge in [-0.2, -0.15) is 0 Å². The summed E-state index contributed by atoms with van der Waals surface area (Å²) < 4.78 is 21.8. The lowest BCUT2D eigenvalue weighted by atomic mass is 9.93. The monoisotopic (exact) mass is 373 g/mol. The summed E-state index contributed by atoms with van der Waals surface area (Å²) in [6.45, 7) is 4.10. The molecule has 140 valence electrons. The van der Waals surface area contributed by atoms with E-state index in [9.17, 15) is 13.9 Å². The predicted octanol–water partition coefficient (Wildman–Crippen LogP) is 5.16. The van der Waals surface area contributed by atoms with Crippen molar-refractivity contribution in [1.29, 1.82) is 0 Å². The highest BCUT2D eigenvalue weighted by Gasteiger charge is 2.43. The van der Waals surface area contributed by atoms with Gasteiger partial charge >= 0.3 is 0 Å². The van der Waals surface area contributed by atoms with Gasteiger partial charge in [-0.3, -0.25) is 13.9 Å². The molecule has 0 spiro atoms. The molecule has 3 rings (SSSR count). The van der Waals surface area contributed by atoms with Gasteiger partial charge in [0.1, 0.15) is 5.78 Å². The van der Waals surface area contributed by atoms with Gasteiger partial charge in [-0.05, 0) is 54.2 Å². The summed E-state index contributed by atoms with van der Waals surface area (Å²) in [4.78, 5) is 12.8. The van der Waals surface area contributed by atoms with E-state index in [-0.39, 0.29) is 5.41 Å². The SMILES string of the molecule is Cc1cc(CC(=O)C2(C)CC2)ccc1-c1ccc(S(O)(O)N(C)C)cc1. The van der Waals surface area contributed by atoms with E-state index in [1.807, 2.05) is 31.2 Å². The summed E-state index contributed by atoms with van der Waals surface area (Å²) in [5, 5.41) is 0. The third-order valence-corrected chi connectivity index (χ3v) is 7.24. The van der Waals surface area contributed by atoms with Gasteiger partial charge in [0.05, 0.1) is 4.90 Å². The predicted molar refractivity (Wildman–Crippen MR) is 107 cm³/mol. The van der Waals surface area contributed by atoms with E-state index in [1.165, 1.54) is 4.31 Å². The fraction of sp³-hybridized carbons (Fsp3) is 0.381. The number of hydrogen-bond acceptors (Lipinski definition) is 4. The lowest BCUT2D eigenvalue weighted by Crippen LogP contribution is -2.18. The molecule has 0 unspecified atom stereocenters. The van der Waals surface area contributed by atoms with E-state index in [4.69, 9.17) is 0 Å². The Morgan fingerprint density at radius 1 is 1.12 bits per heavy atom. The first kappa shape index (κ1) is 19.1. The number of carbonyl (C=O) groups excluding carboxylic acids is 1. The molecule has 1 fully saturated rings. The molecule has 2 aromatic rings. The molecule has 0 saturated heterocycles. The van der Waals surface area contributed by atoms with Crippen LogP contribution >= 0.6 is 10.8 Å². The van der Waals surface area contributed by atoms with Gasteiger partial charge in [0, 0.05) is 25.9 Å². The van der Waals surface area contributed by atoms with E-state index in [2.05, 4.69) is 13.0 Å². The fourth-order valence-electron chi connectivity index (χ4n) is 3.05. The molecule has 0 radical (unpaired) electrons. The van der Waals surface area contributed by atoms with Crippen molar-refractivity contribution in [3.8, 4) is 11.1 Å². The van der Waals surface area contributed by atoms with Gasteiger partial charge in [-0.1, -0.05) is 37.3 Å². The van der Waals surface area contributed by atoms with E-state index >= 15 is 0 Å². The van der Waals surface area contributed by atoms with Gasteiger partial charge < -0.3 is 0 Å². The maximum absolute atomic E-state index is 12.3. The summed E-state index contributed by atoms with van der Waals surface area (Å²) in [5.41, 5.74) is 4.20. The topological polar surface area (TPSA) is 60.8 Å². The molecule has 0 aliphatic heterocycles. The molecule has 2 aromatic carbocycles. The van der Waals surface area contributed by atoms with Crippen molar-refractivity contribution in [3.05, 3.63) is 53.6 Å². The normalized spacial score (nSPS) is 16.6. The summed E-state index contributed by atoms with van der Waals surface area (Å²) in [6.07, 6.45) is 2.53. The molecule has 0 atom stereocenters. The molecular weight excluding hydrogens is 346 g/mol. The molecule has 0 heterocycles. The summed E-state index contributed by atoms with van der Waals surface area (Å²) in [5.74, 6) is 0.336. The van der Waals surface area contributed by atoms with Crippen LogP contribution in [0.1, 0.15) is 30.9 Å². The van der Waals surface area contributed by atoms with Crippen molar-refractivity contribution in [2.75, 3.05) is 14.1 Å². The zero-order chi connectivity index (χ0) is 19.1. The zero-order valence-corrected chi connectivity index (χ0v) is 16.6. The zero-order valence-electron chi connectivity index (χ0n) is 15.8. The standard InChI is InChI=1S/C21H27NO3S/c1-15-13-16(14-20(23)21(2)11-12-21)5-10-19(15)17-6-8-18(9-7-17)26(24,25)22(3)4/h5-10,13,24-25H,11-12,14H2,1-4H3. The smallest absolute Gasteiger partial charge is 0.143 e. The second-order valence-electron chi connectivity index (χ2n) is 7.67. The van der Waals surface area contributed by atoms with Crippen LogP contribution in [0.15, 0.2) is 47.4 Å². The van der Waals surface area contributed by atoms with E-state index < -0.39 is 10.8 Å². The van der Waals surface area contributed by atoms with Crippen LogP contribution in [-0.4, -0.2) is 33.3 Å². The summed E-state index contributed by atoms with van der Waals surface area (Å²) in [6, 6.07) is 13.5. The van der Waals surface area contributed by atoms with Crippen molar-refractivity contribution in [2.24, 2.45) is 5.41 Å². The minimum Gasteiger partial charge on any atom is -0.299 e. The Labute approximate surface area is 157 Å². The number of benzene rings is 2. The number of hydrogen-bond donors (Lipinski definition) is 2. The number of Topliss-reactive ketones (excluding diaryl/α,β-unsaturated/α-hetero) is 1. The molecule has 5 heteroatoms. The van der Waals surface area contributed by atoms with Crippen LogP contribution in [-0.2, 0) is 11.2 Å². The Balaban J connectivity index is 1.80. The minimum atomic E-state index is -2.92. The Morgan fingerprint density at radius 2 is 1.73 bits per heavy atom. The molecular formula is C21H27NO3S. The number of carbonyl (C=O) groups is 1. The molecule has 0 amide bonds. The average Bonchev–Trinajstić information content (AvgIpc) is 3.34. The molecule has 2 N–H and O–H groups in total. The Kier molecular flexibility index (Phi) is 5.01. The van der Waals surface area contributed by atoms with Crippen molar-refractivity contribution >= 4 is 16.6 Å². The molecule has 0 bridgehead atoms. The third kappa shape index (κ3) is 3.71. The lowest BCUT2D eigenvalue weighted by molar-refractivity contribution is -0.122.